The Kier molecular flexibility index (Phi) is 5.98. The molecule has 1 amide bonds. The molecule has 1 heterocycles. The van der Waals surface area contributed by atoms with Gasteiger partial charge in [-0.1, -0.05) is 27.7 Å². The van der Waals surface area contributed by atoms with Gasteiger partial charge in [-0.2, -0.15) is 0 Å². The van der Waals surface area contributed by atoms with E-state index in [1.54, 1.807) is 0 Å². The molecule has 4 heteroatoms. The number of likely N-dealkylation sites (tertiary alicyclic amines) is 1. The molecule has 1 N–H and O–H groups in total. The van der Waals surface area contributed by atoms with Crippen LogP contribution in [0.3, 0.4) is 0 Å². The molecular formula is C15H28N2O2. The normalized spacial score (nSPS) is 17.6. The molecule has 110 valence electrons. The number of carbonyl (C=O) groups excluding carboxylic acids is 2. The molecule has 1 fully saturated rings. The number of amides is 1. The Bertz CT molecular complexity index is 320. The fraction of sp³-hybridized carbons (Fsp3) is 0.867. The van der Waals surface area contributed by atoms with Crippen LogP contribution in [-0.4, -0.2) is 42.3 Å². The van der Waals surface area contributed by atoms with Crippen molar-refractivity contribution in [3.63, 3.8) is 0 Å². The van der Waals surface area contributed by atoms with Gasteiger partial charge in [-0.3, -0.25) is 9.59 Å². The van der Waals surface area contributed by atoms with Gasteiger partial charge in [0.05, 0.1) is 6.04 Å². The summed E-state index contributed by atoms with van der Waals surface area (Å²) in [6.45, 7) is 10.3. The van der Waals surface area contributed by atoms with Crippen molar-refractivity contribution in [1.29, 1.82) is 0 Å². The minimum absolute atomic E-state index is 0.115. The molecule has 0 aromatic rings. The summed E-state index contributed by atoms with van der Waals surface area (Å²) >= 11 is 0. The van der Waals surface area contributed by atoms with Crippen molar-refractivity contribution in [3.8, 4) is 0 Å². The summed E-state index contributed by atoms with van der Waals surface area (Å²) in [5.74, 6) is 0.271. The molecule has 1 rings (SSSR count). The van der Waals surface area contributed by atoms with Crippen LogP contribution in [0.1, 0.15) is 53.4 Å². The third-order valence-corrected chi connectivity index (χ3v) is 4.16. The lowest BCUT2D eigenvalue weighted by Gasteiger charge is -2.28. The van der Waals surface area contributed by atoms with Crippen molar-refractivity contribution in [1.82, 2.24) is 10.2 Å². The largest absolute Gasteiger partial charge is 0.343 e. The topological polar surface area (TPSA) is 49.4 Å². The van der Waals surface area contributed by atoms with Crippen LogP contribution in [-0.2, 0) is 9.59 Å². The van der Waals surface area contributed by atoms with Crippen molar-refractivity contribution in [2.45, 2.75) is 59.4 Å². The van der Waals surface area contributed by atoms with E-state index < -0.39 is 0 Å². The Balaban J connectivity index is 2.66. The monoisotopic (exact) mass is 268 g/mol. The highest BCUT2D eigenvalue weighted by Crippen LogP contribution is 2.24. The summed E-state index contributed by atoms with van der Waals surface area (Å²) in [5, 5.41) is 3.18. The van der Waals surface area contributed by atoms with Gasteiger partial charge in [-0.25, -0.2) is 0 Å². The van der Waals surface area contributed by atoms with Crippen LogP contribution in [0.2, 0.25) is 0 Å². The van der Waals surface area contributed by atoms with Crippen LogP contribution in [0.4, 0.5) is 0 Å². The second-order valence-corrected chi connectivity index (χ2v) is 6.00. The first-order valence-electron chi connectivity index (χ1n) is 7.47. The van der Waals surface area contributed by atoms with Gasteiger partial charge in [0, 0.05) is 24.9 Å². The number of ketones is 1. The van der Waals surface area contributed by atoms with E-state index in [-0.39, 0.29) is 23.1 Å². The average Bonchev–Trinajstić information content (AvgIpc) is 2.91. The van der Waals surface area contributed by atoms with E-state index in [1.807, 2.05) is 32.6 Å². The molecule has 0 bridgehead atoms. The first kappa shape index (κ1) is 16.2. The second kappa shape index (κ2) is 7.04. The van der Waals surface area contributed by atoms with Gasteiger partial charge in [0.1, 0.15) is 0 Å². The van der Waals surface area contributed by atoms with Gasteiger partial charge < -0.3 is 10.2 Å². The Morgan fingerprint density at radius 3 is 2.26 bits per heavy atom. The van der Waals surface area contributed by atoms with Crippen LogP contribution in [0, 0.1) is 5.41 Å². The number of nitrogens with one attached hydrogen (secondary N) is 1. The minimum Gasteiger partial charge on any atom is -0.343 e. The van der Waals surface area contributed by atoms with E-state index in [1.165, 1.54) is 0 Å². The van der Waals surface area contributed by atoms with Crippen LogP contribution >= 0.6 is 0 Å². The predicted molar refractivity (Wildman–Crippen MR) is 77.0 cm³/mol. The maximum Gasteiger partial charge on any atom is 0.224 e. The molecule has 19 heavy (non-hydrogen) atoms. The lowest BCUT2D eigenvalue weighted by atomic mass is 9.81. The smallest absolute Gasteiger partial charge is 0.224 e. The standard InChI is InChI=1S/C15H28N2O2/c1-5-15(3,4)14(19)12(16-6-2)11-13(18)17-9-7-8-10-17/h12,16H,5-11H2,1-4H3. The lowest BCUT2D eigenvalue weighted by molar-refractivity contribution is -0.136. The van der Waals surface area contributed by atoms with Crippen LogP contribution in [0.25, 0.3) is 0 Å². The number of carbonyl (C=O) groups is 2. The molecule has 1 saturated heterocycles. The van der Waals surface area contributed by atoms with E-state index in [2.05, 4.69) is 5.32 Å². The summed E-state index contributed by atoms with van der Waals surface area (Å²) < 4.78 is 0. The number of Topliss-reactive ketones (excluding diaryl/α,β-unsaturated/α-hetero) is 1. The summed E-state index contributed by atoms with van der Waals surface area (Å²) in [5.41, 5.74) is -0.363. The summed E-state index contributed by atoms with van der Waals surface area (Å²) in [6.07, 6.45) is 3.28. The van der Waals surface area contributed by atoms with Gasteiger partial charge in [0.15, 0.2) is 5.78 Å². The van der Waals surface area contributed by atoms with Crippen molar-refractivity contribution in [2.75, 3.05) is 19.6 Å². The Morgan fingerprint density at radius 2 is 1.79 bits per heavy atom. The number of nitrogens with zero attached hydrogens (tertiary/aromatic N) is 1. The van der Waals surface area contributed by atoms with Gasteiger partial charge in [-0.05, 0) is 25.8 Å². The highest BCUT2D eigenvalue weighted by molar-refractivity contribution is 5.93. The first-order chi connectivity index (χ1) is 8.92. The van der Waals surface area contributed by atoms with Crippen molar-refractivity contribution in [2.24, 2.45) is 5.41 Å². The molecule has 0 aromatic heterocycles. The SMILES string of the molecule is CCNC(CC(=O)N1CCCC1)C(=O)C(C)(C)CC. The first-order valence-corrected chi connectivity index (χ1v) is 7.47. The maximum absolute atomic E-state index is 12.5. The third kappa shape index (κ3) is 4.30. The molecule has 1 aliphatic rings. The van der Waals surface area contributed by atoms with E-state index in [9.17, 15) is 9.59 Å². The van der Waals surface area contributed by atoms with E-state index in [0.717, 1.165) is 32.4 Å². The van der Waals surface area contributed by atoms with Crippen LogP contribution in [0.15, 0.2) is 0 Å². The Hall–Kier alpha value is -0.900. The summed E-state index contributed by atoms with van der Waals surface area (Å²) in [7, 11) is 0. The van der Waals surface area contributed by atoms with Gasteiger partial charge in [-0.15, -0.1) is 0 Å². The molecule has 1 atom stereocenters. The summed E-state index contributed by atoms with van der Waals surface area (Å²) in [6, 6.07) is -0.340. The zero-order valence-electron chi connectivity index (χ0n) is 12.8. The van der Waals surface area contributed by atoms with Gasteiger partial charge in [0.2, 0.25) is 5.91 Å². The number of hydrogen-bond donors (Lipinski definition) is 1. The molecular weight excluding hydrogens is 240 g/mol. The van der Waals surface area contributed by atoms with E-state index in [4.69, 9.17) is 0 Å². The fourth-order valence-electron chi connectivity index (χ4n) is 2.42. The molecule has 1 unspecified atom stereocenters. The minimum atomic E-state index is -0.363. The van der Waals surface area contributed by atoms with Gasteiger partial charge in [0.25, 0.3) is 0 Å². The maximum atomic E-state index is 12.5. The molecule has 0 aromatic carbocycles. The van der Waals surface area contributed by atoms with E-state index in [0.29, 0.717) is 13.0 Å². The Labute approximate surface area is 116 Å². The zero-order valence-corrected chi connectivity index (χ0v) is 12.8. The average molecular weight is 268 g/mol. The molecule has 0 aliphatic carbocycles. The third-order valence-electron chi connectivity index (χ3n) is 4.16. The molecule has 0 radical (unpaired) electrons. The molecule has 4 nitrogen and oxygen atoms in total. The zero-order chi connectivity index (χ0) is 14.5. The van der Waals surface area contributed by atoms with Crippen molar-refractivity contribution < 1.29 is 9.59 Å². The number of rotatable bonds is 7. The fourth-order valence-corrected chi connectivity index (χ4v) is 2.42. The number of hydrogen-bond acceptors (Lipinski definition) is 3. The summed E-state index contributed by atoms with van der Waals surface area (Å²) in [4.78, 5) is 26.6. The quantitative estimate of drug-likeness (QED) is 0.768. The molecule has 1 aliphatic heterocycles. The van der Waals surface area contributed by atoms with Crippen LogP contribution in [0.5, 0.6) is 0 Å². The number of likely N-dealkylation sites (N-methyl/N-ethyl adjacent to an activating group) is 1. The molecule has 0 spiro atoms. The lowest BCUT2D eigenvalue weighted by Crippen LogP contribution is -2.46. The van der Waals surface area contributed by atoms with Crippen molar-refractivity contribution in [3.05, 3.63) is 0 Å². The van der Waals surface area contributed by atoms with E-state index >= 15 is 0 Å². The van der Waals surface area contributed by atoms with Gasteiger partial charge >= 0.3 is 0 Å². The highest BCUT2D eigenvalue weighted by atomic mass is 16.2. The van der Waals surface area contributed by atoms with Crippen molar-refractivity contribution >= 4 is 11.7 Å². The van der Waals surface area contributed by atoms with Crippen LogP contribution < -0.4 is 5.32 Å². The highest BCUT2D eigenvalue weighted by Gasteiger charge is 2.34. The molecule has 0 saturated carbocycles. The Morgan fingerprint density at radius 1 is 1.21 bits per heavy atom. The predicted octanol–water partition coefficient (Wildman–Crippen LogP) is 1.98. The second-order valence-electron chi connectivity index (χ2n) is 6.00.